The molecule has 10 heteroatoms. The van der Waals surface area contributed by atoms with E-state index < -0.39 is 12.0 Å². The van der Waals surface area contributed by atoms with E-state index in [1.165, 1.54) is 11.8 Å². The molecule has 0 aromatic heterocycles. The highest BCUT2D eigenvalue weighted by Gasteiger charge is 2.41. The topological polar surface area (TPSA) is 82.5 Å². The van der Waals surface area contributed by atoms with E-state index in [2.05, 4.69) is 4.99 Å². The molecule has 1 saturated heterocycles. The standard InChI is InChI=1S/C25H29ClN4O4S/c1-15(2)34-24(33)22-16(3)27-25-30(23(22)18-5-7-19(26)8-6-18)20(14-35-25)13-21(32)29-11-9-28(10-12-29)17(4)31/h5-8,14-15,23H,9-13H2,1-4H3/t23-/m1/s1. The third-order valence-corrected chi connectivity index (χ3v) is 7.30. The monoisotopic (exact) mass is 516 g/mol. The fraction of sp³-hybridized carbons (Fsp3) is 0.440. The van der Waals surface area contributed by atoms with E-state index in [1.54, 1.807) is 28.9 Å². The number of aliphatic imine (C=N–C) groups is 1. The van der Waals surface area contributed by atoms with E-state index in [0.717, 1.165) is 11.3 Å². The van der Waals surface area contributed by atoms with Gasteiger partial charge in [0, 0.05) is 43.8 Å². The summed E-state index contributed by atoms with van der Waals surface area (Å²) in [5.74, 6) is -0.424. The molecule has 0 bridgehead atoms. The van der Waals surface area contributed by atoms with Gasteiger partial charge in [0.25, 0.3) is 0 Å². The summed E-state index contributed by atoms with van der Waals surface area (Å²) in [6.07, 6.45) is -0.112. The summed E-state index contributed by atoms with van der Waals surface area (Å²) < 4.78 is 5.57. The Bertz CT molecular complexity index is 1120. The first-order chi connectivity index (χ1) is 16.7. The highest BCUT2D eigenvalue weighted by atomic mass is 35.5. The number of thioether (sulfide) groups is 1. The maximum Gasteiger partial charge on any atom is 0.338 e. The van der Waals surface area contributed by atoms with Crippen LogP contribution in [0.2, 0.25) is 5.02 Å². The molecule has 8 nitrogen and oxygen atoms in total. The van der Waals surface area contributed by atoms with Crippen molar-refractivity contribution < 1.29 is 19.1 Å². The third-order valence-electron chi connectivity index (χ3n) is 6.16. The summed E-state index contributed by atoms with van der Waals surface area (Å²) in [5, 5.41) is 3.24. The lowest BCUT2D eigenvalue weighted by Gasteiger charge is -2.38. The maximum atomic E-state index is 13.2. The number of halogens is 1. The van der Waals surface area contributed by atoms with Gasteiger partial charge in [0.2, 0.25) is 11.8 Å². The molecule has 0 radical (unpaired) electrons. The molecule has 1 aromatic carbocycles. The molecule has 0 unspecified atom stereocenters. The first kappa shape index (κ1) is 25.3. The molecular weight excluding hydrogens is 488 g/mol. The Kier molecular flexibility index (Phi) is 7.56. The molecule has 0 spiro atoms. The van der Waals surface area contributed by atoms with E-state index in [4.69, 9.17) is 16.3 Å². The minimum absolute atomic E-state index is 0.0197. The average molecular weight is 517 g/mol. The van der Waals surface area contributed by atoms with Crippen molar-refractivity contribution in [2.75, 3.05) is 26.2 Å². The van der Waals surface area contributed by atoms with Crippen LogP contribution in [-0.4, -0.2) is 69.9 Å². The lowest BCUT2D eigenvalue weighted by Crippen LogP contribution is -2.50. The van der Waals surface area contributed by atoms with Crippen LogP contribution in [0, 0.1) is 0 Å². The molecule has 1 atom stereocenters. The molecule has 1 fully saturated rings. The Morgan fingerprint density at radius 3 is 2.34 bits per heavy atom. The zero-order valence-corrected chi connectivity index (χ0v) is 21.9. The van der Waals surface area contributed by atoms with Crippen LogP contribution in [0.5, 0.6) is 0 Å². The quantitative estimate of drug-likeness (QED) is 0.551. The highest BCUT2D eigenvalue weighted by molar-refractivity contribution is 8.16. The number of hydrogen-bond donors (Lipinski definition) is 0. The Hall–Kier alpha value is -2.78. The summed E-state index contributed by atoms with van der Waals surface area (Å²) in [7, 11) is 0. The number of carbonyl (C=O) groups excluding carboxylic acids is 3. The van der Waals surface area contributed by atoms with Gasteiger partial charge >= 0.3 is 5.97 Å². The van der Waals surface area contributed by atoms with Crippen molar-refractivity contribution in [2.45, 2.75) is 46.3 Å². The van der Waals surface area contributed by atoms with Crippen LogP contribution in [0.3, 0.4) is 0 Å². The van der Waals surface area contributed by atoms with Gasteiger partial charge in [0.1, 0.15) is 0 Å². The van der Waals surface area contributed by atoms with Gasteiger partial charge in [-0.1, -0.05) is 35.5 Å². The molecular formula is C25H29ClN4O4S. The molecule has 1 aromatic rings. The van der Waals surface area contributed by atoms with Crippen molar-refractivity contribution in [1.29, 1.82) is 0 Å². The average Bonchev–Trinajstić information content (AvgIpc) is 3.20. The molecule has 3 aliphatic rings. The Balaban J connectivity index is 1.61. The van der Waals surface area contributed by atoms with Gasteiger partial charge < -0.3 is 19.4 Å². The number of ether oxygens (including phenoxy) is 1. The molecule has 186 valence electrons. The lowest BCUT2D eigenvalue weighted by molar-refractivity contribution is -0.143. The van der Waals surface area contributed by atoms with Crippen molar-refractivity contribution in [3.63, 3.8) is 0 Å². The predicted octanol–water partition coefficient (Wildman–Crippen LogP) is 3.95. The van der Waals surface area contributed by atoms with Crippen LogP contribution in [0.1, 0.15) is 45.7 Å². The number of rotatable bonds is 5. The van der Waals surface area contributed by atoms with Gasteiger partial charge in [-0.2, -0.15) is 0 Å². The molecule has 2 amide bonds. The van der Waals surface area contributed by atoms with E-state index in [9.17, 15) is 14.4 Å². The van der Waals surface area contributed by atoms with E-state index in [-0.39, 0.29) is 24.3 Å². The summed E-state index contributed by atoms with van der Waals surface area (Å²) in [6, 6.07) is 6.85. The number of nitrogens with zero attached hydrogens (tertiary/aromatic N) is 4. The van der Waals surface area contributed by atoms with Gasteiger partial charge in [0.05, 0.1) is 29.8 Å². The summed E-state index contributed by atoms with van der Waals surface area (Å²) in [5.41, 5.74) is 2.67. The van der Waals surface area contributed by atoms with Crippen LogP contribution in [0.4, 0.5) is 0 Å². The molecule has 35 heavy (non-hydrogen) atoms. The van der Waals surface area contributed by atoms with Gasteiger partial charge in [-0.25, -0.2) is 9.79 Å². The van der Waals surface area contributed by atoms with Crippen LogP contribution in [0.25, 0.3) is 0 Å². The number of esters is 1. The van der Waals surface area contributed by atoms with Crippen molar-refractivity contribution in [3.8, 4) is 0 Å². The van der Waals surface area contributed by atoms with Gasteiger partial charge in [-0.05, 0) is 43.9 Å². The van der Waals surface area contributed by atoms with Gasteiger partial charge in [-0.3, -0.25) is 9.59 Å². The summed E-state index contributed by atoms with van der Waals surface area (Å²) in [6.45, 7) is 9.05. The normalized spacial score (nSPS) is 20.1. The van der Waals surface area contributed by atoms with E-state index in [1.807, 2.05) is 43.2 Å². The fourth-order valence-corrected chi connectivity index (χ4v) is 5.50. The second-order valence-electron chi connectivity index (χ2n) is 8.96. The lowest BCUT2D eigenvalue weighted by atomic mass is 9.94. The van der Waals surface area contributed by atoms with Crippen LogP contribution >= 0.6 is 23.4 Å². The van der Waals surface area contributed by atoms with Gasteiger partial charge in [0.15, 0.2) is 5.17 Å². The molecule has 0 aliphatic carbocycles. The number of piperazine rings is 1. The highest BCUT2D eigenvalue weighted by Crippen LogP contribution is 2.45. The van der Waals surface area contributed by atoms with E-state index in [0.29, 0.717) is 47.6 Å². The van der Waals surface area contributed by atoms with Gasteiger partial charge in [-0.15, -0.1) is 0 Å². The van der Waals surface area contributed by atoms with E-state index >= 15 is 0 Å². The minimum atomic E-state index is -0.491. The van der Waals surface area contributed by atoms with Crippen molar-refractivity contribution in [1.82, 2.24) is 14.7 Å². The number of amides is 2. The minimum Gasteiger partial charge on any atom is -0.459 e. The Morgan fingerprint density at radius 1 is 1.11 bits per heavy atom. The number of allylic oxidation sites excluding steroid dienone is 1. The van der Waals surface area contributed by atoms with Crippen LogP contribution in [0.15, 0.2) is 51.6 Å². The zero-order valence-electron chi connectivity index (χ0n) is 20.3. The third kappa shape index (κ3) is 5.41. The summed E-state index contributed by atoms with van der Waals surface area (Å²) >= 11 is 7.58. The smallest absolute Gasteiger partial charge is 0.338 e. The van der Waals surface area contributed by atoms with Crippen molar-refractivity contribution in [3.05, 3.63) is 57.2 Å². The van der Waals surface area contributed by atoms with Crippen molar-refractivity contribution >= 4 is 46.3 Å². The second-order valence-corrected chi connectivity index (χ2v) is 10.2. The molecule has 4 rings (SSSR count). The number of benzene rings is 1. The molecule has 0 N–H and O–H groups in total. The molecule has 3 heterocycles. The predicted molar refractivity (Wildman–Crippen MR) is 137 cm³/mol. The number of hydrogen-bond acceptors (Lipinski definition) is 7. The SMILES string of the molecule is CC(=O)N1CCN(C(=O)CC2=CSC3=NC(C)=C(C(=O)OC(C)C)[C@@H](c4ccc(Cl)cc4)N23)CC1. The Labute approximate surface area is 214 Å². The second kappa shape index (κ2) is 10.5. The molecule has 3 aliphatic heterocycles. The van der Waals surface area contributed by atoms with Crippen molar-refractivity contribution in [2.24, 2.45) is 4.99 Å². The molecule has 0 saturated carbocycles. The number of carbonyl (C=O) groups is 3. The largest absolute Gasteiger partial charge is 0.459 e. The first-order valence-electron chi connectivity index (χ1n) is 11.6. The fourth-order valence-electron chi connectivity index (χ4n) is 4.41. The van der Waals surface area contributed by atoms with Crippen LogP contribution in [-0.2, 0) is 19.1 Å². The number of amidine groups is 1. The summed E-state index contributed by atoms with van der Waals surface area (Å²) in [4.78, 5) is 48.2. The maximum absolute atomic E-state index is 13.2. The van der Waals surface area contributed by atoms with Crippen LogP contribution < -0.4 is 0 Å². The first-order valence-corrected chi connectivity index (χ1v) is 12.9. The number of fused-ring (bicyclic) bond motifs is 1. The zero-order chi connectivity index (χ0) is 25.3. The Morgan fingerprint density at radius 2 is 1.74 bits per heavy atom.